The number of nitrogens with one attached hydrogen (secondary N) is 2. The van der Waals surface area contributed by atoms with Crippen LogP contribution >= 0.6 is 0 Å². The van der Waals surface area contributed by atoms with Crippen LogP contribution < -0.4 is 15.0 Å². The summed E-state index contributed by atoms with van der Waals surface area (Å²) in [6.45, 7) is 2.01. The summed E-state index contributed by atoms with van der Waals surface area (Å²) in [6.07, 6.45) is 1.65. The van der Waals surface area contributed by atoms with Crippen molar-refractivity contribution in [2.75, 3.05) is 12.0 Å². The summed E-state index contributed by atoms with van der Waals surface area (Å²) in [7, 11) is 1.64. The number of rotatable bonds is 3. The van der Waals surface area contributed by atoms with Crippen LogP contribution in [-0.2, 0) is 0 Å². The predicted octanol–water partition coefficient (Wildman–Crippen LogP) is 3.23. The molecule has 6 nitrogen and oxygen atoms in total. The van der Waals surface area contributed by atoms with Crippen molar-refractivity contribution in [2.45, 2.75) is 19.0 Å². The molecule has 122 valence electrons. The first-order valence-corrected chi connectivity index (χ1v) is 7.84. The third-order valence-corrected chi connectivity index (χ3v) is 4.46. The van der Waals surface area contributed by atoms with Crippen LogP contribution in [0.1, 0.15) is 18.5 Å². The molecule has 1 aromatic heterocycles. The molecule has 0 saturated carbocycles. The number of carbonyl (C=O) groups excluding carboxylic acids is 1. The molecule has 4 rings (SSSR count). The molecule has 0 spiro atoms. The molecule has 2 atom stereocenters. The molecule has 2 aromatic carbocycles. The molecule has 2 heterocycles. The zero-order valence-corrected chi connectivity index (χ0v) is 13.5. The van der Waals surface area contributed by atoms with Crippen LogP contribution in [0.3, 0.4) is 0 Å². The van der Waals surface area contributed by atoms with Gasteiger partial charge in [0.2, 0.25) is 0 Å². The van der Waals surface area contributed by atoms with Gasteiger partial charge in [-0.25, -0.2) is 9.78 Å². The first-order chi connectivity index (χ1) is 11.7. The van der Waals surface area contributed by atoms with Crippen molar-refractivity contribution < 1.29 is 9.53 Å². The molecule has 24 heavy (non-hydrogen) atoms. The van der Waals surface area contributed by atoms with Gasteiger partial charge in [0.15, 0.2) is 0 Å². The van der Waals surface area contributed by atoms with Gasteiger partial charge < -0.3 is 15.0 Å². The van der Waals surface area contributed by atoms with Crippen LogP contribution in [0, 0.1) is 0 Å². The van der Waals surface area contributed by atoms with Crippen LogP contribution in [0.25, 0.3) is 11.0 Å². The lowest BCUT2D eigenvalue weighted by molar-refractivity contribution is 0.251. The van der Waals surface area contributed by atoms with Gasteiger partial charge in [0.1, 0.15) is 5.75 Å². The number of benzene rings is 2. The van der Waals surface area contributed by atoms with Crippen LogP contribution in [0.4, 0.5) is 10.5 Å². The zero-order chi connectivity index (χ0) is 16.7. The molecule has 2 amide bonds. The second-order valence-electron chi connectivity index (χ2n) is 5.93. The van der Waals surface area contributed by atoms with E-state index in [1.807, 2.05) is 49.4 Å². The van der Waals surface area contributed by atoms with E-state index in [4.69, 9.17) is 4.74 Å². The topological polar surface area (TPSA) is 70.2 Å². The second-order valence-corrected chi connectivity index (χ2v) is 5.93. The molecule has 0 aliphatic carbocycles. The highest BCUT2D eigenvalue weighted by Gasteiger charge is 2.38. The van der Waals surface area contributed by atoms with Gasteiger partial charge >= 0.3 is 6.03 Å². The zero-order valence-electron chi connectivity index (χ0n) is 13.5. The van der Waals surface area contributed by atoms with E-state index in [0.717, 1.165) is 28.0 Å². The van der Waals surface area contributed by atoms with E-state index in [9.17, 15) is 4.79 Å². The van der Waals surface area contributed by atoms with Crippen molar-refractivity contribution in [1.29, 1.82) is 0 Å². The van der Waals surface area contributed by atoms with Gasteiger partial charge in [0.25, 0.3) is 0 Å². The van der Waals surface area contributed by atoms with E-state index < -0.39 is 0 Å². The Kier molecular flexibility index (Phi) is 3.37. The molecule has 1 aliphatic rings. The van der Waals surface area contributed by atoms with E-state index in [1.165, 1.54) is 0 Å². The Bertz CT molecular complexity index is 887. The molecule has 0 unspecified atom stereocenters. The number of anilines is 1. The van der Waals surface area contributed by atoms with Gasteiger partial charge in [-0.15, -0.1) is 0 Å². The average Bonchev–Trinajstić information content (AvgIpc) is 3.17. The average molecular weight is 322 g/mol. The fraction of sp³-hybridized carbons (Fsp3) is 0.222. The minimum absolute atomic E-state index is 0.000718. The maximum Gasteiger partial charge on any atom is 0.322 e. The number of aromatic amines is 1. The van der Waals surface area contributed by atoms with Crippen LogP contribution in [0.2, 0.25) is 0 Å². The van der Waals surface area contributed by atoms with Gasteiger partial charge in [-0.3, -0.25) is 4.90 Å². The number of hydrogen-bond donors (Lipinski definition) is 2. The number of amides is 2. The van der Waals surface area contributed by atoms with Crippen LogP contribution in [-0.4, -0.2) is 29.2 Å². The first-order valence-electron chi connectivity index (χ1n) is 7.84. The van der Waals surface area contributed by atoms with Crippen molar-refractivity contribution in [1.82, 2.24) is 15.3 Å². The molecule has 3 aromatic rings. The molecule has 1 aliphatic heterocycles. The number of H-pyrrole nitrogens is 1. The Hall–Kier alpha value is -3.02. The third kappa shape index (κ3) is 2.27. The minimum atomic E-state index is -0.0989. The van der Waals surface area contributed by atoms with Crippen molar-refractivity contribution in [3.8, 4) is 5.75 Å². The quantitative estimate of drug-likeness (QED) is 0.778. The van der Waals surface area contributed by atoms with Gasteiger partial charge in [-0.2, -0.15) is 0 Å². The number of carbonyl (C=O) groups is 1. The number of methoxy groups -OCH3 is 1. The number of hydrogen-bond acceptors (Lipinski definition) is 3. The lowest BCUT2D eigenvalue weighted by Crippen LogP contribution is -2.29. The lowest BCUT2D eigenvalue weighted by Gasteiger charge is -2.26. The Balaban J connectivity index is 1.76. The van der Waals surface area contributed by atoms with E-state index in [0.29, 0.717) is 0 Å². The highest BCUT2D eigenvalue weighted by molar-refractivity contribution is 5.97. The normalized spacial score (nSPS) is 20.4. The lowest BCUT2D eigenvalue weighted by atomic mass is 10.00. The third-order valence-electron chi connectivity index (χ3n) is 4.46. The summed E-state index contributed by atoms with van der Waals surface area (Å²) < 4.78 is 5.22. The monoisotopic (exact) mass is 322 g/mol. The number of fused-ring (bicyclic) bond motifs is 1. The number of nitrogens with zero attached hydrogens (tertiary/aromatic N) is 2. The van der Waals surface area contributed by atoms with E-state index >= 15 is 0 Å². The Morgan fingerprint density at radius 2 is 1.96 bits per heavy atom. The number of aromatic nitrogens is 2. The standard InChI is InChI=1S/C18H18N4O2/c1-11-17(12-3-6-14(24-2)7-4-12)22(18(23)21-11)13-5-8-15-16(9-13)20-10-19-15/h3-11,17H,1-2H3,(H,19,20)(H,21,23)/t11-,17-/m1/s1. The predicted molar refractivity (Wildman–Crippen MR) is 92.3 cm³/mol. The van der Waals surface area contributed by atoms with E-state index in [2.05, 4.69) is 15.3 Å². The SMILES string of the molecule is COc1ccc([C@H]2[C@@H](C)NC(=O)N2c2ccc3[nH]cnc3c2)cc1. The smallest absolute Gasteiger partial charge is 0.322 e. The van der Waals surface area contributed by atoms with Crippen molar-refractivity contribution >= 4 is 22.8 Å². The Labute approximate surface area is 139 Å². The Morgan fingerprint density at radius 1 is 1.17 bits per heavy atom. The maximum absolute atomic E-state index is 12.5. The number of imidazole rings is 1. The Morgan fingerprint density at radius 3 is 2.71 bits per heavy atom. The van der Waals surface area contributed by atoms with Crippen LogP contribution in [0.15, 0.2) is 48.8 Å². The van der Waals surface area contributed by atoms with E-state index in [-0.39, 0.29) is 18.1 Å². The summed E-state index contributed by atoms with van der Waals surface area (Å²) in [5.74, 6) is 0.799. The fourth-order valence-corrected chi connectivity index (χ4v) is 3.28. The summed E-state index contributed by atoms with van der Waals surface area (Å²) in [6, 6.07) is 13.5. The summed E-state index contributed by atoms with van der Waals surface area (Å²) in [5, 5.41) is 3.01. The highest BCUT2D eigenvalue weighted by Crippen LogP contribution is 2.35. The van der Waals surface area contributed by atoms with Crippen molar-refractivity contribution in [3.05, 3.63) is 54.4 Å². The molecule has 2 N–H and O–H groups in total. The molecular formula is C18H18N4O2. The largest absolute Gasteiger partial charge is 0.497 e. The maximum atomic E-state index is 12.5. The van der Waals surface area contributed by atoms with Gasteiger partial charge in [-0.05, 0) is 42.8 Å². The molecule has 0 radical (unpaired) electrons. The van der Waals surface area contributed by atoms with E-state index in [1.54, 1.807) is 18.3 Å². The van der Waals surface area contributed by atoms with Gasteiger partial charge in [-0.1, -0.05) is 12.1 Å². The summed E-state index contributed by atoms with van der Waals surface area (Å²) in [5.41, 5.74) is 3.68. The molecular weight excluding hydrogens is 304 g/mol. The summed E-state index contributed by atoms with van der Waals surface area (Å²) in [4.78, 5) is 21.7. The molecule has 1 fully saturated rings. The molecule has 6 heteroatoms. The highest BCUT2D eigenvalue weighted by atomic mass is 16.5. The molecule has 1 saturated heterocycles. The van der Waals surface area contributed by atoms with Crippen molar-refractivity contribution in [3.63, 3.8) is 0 Å². The van der Waals surface area contributed by atoms with Crippen molar-refractivity contribution in [2.24, 2.45) is 0 Å². The van der Waals surface area contributed by atoms with Gasteiger partial charge in [0.05, 0.1) is 36.6 Å². The van der Waals surface area contributed by atoms with Gasteiger partial charge in [0, 0.05) is 5.69 Å². The first kappa shape index (κ1) is 14.6. The molecule has 0 bridgehead atoms. The second kappa shape index (κ2) is 5.56. The number of ether oxygens (including phenoxy) is 1. The summed E-state index contributed by atoms with van der Waals surface area (Å²) >= 11 is 0. The number of urea groups is 1. The fourth-order valence-electron chi connectivity index (χ4n) is 3.28. The minimum Gasteiger partial charge on any atom is -0.497 e. The van der Waals surface area contributed by atoms with Crippen LogP contribution in [0.5, 0.6) is 5.75 Å².